The van der Waals surface area contributed by atoms with Crippen LogP contribution in [0.2, 0.25) is 0 Å². The summed E-state index contributed by atoms with van der Waals surface area (Å²) in [6, 6.07) is 8.39. The van der Waals surface area contributed by atoms with Gasteiger partial charge in [0.1, 0.15) is 6.04 Å². The van der Waals surface area contributed by atoms with Gasteiger partial charge in [-0.3, -0.25) is 9.48 Å². The summed E-state index contributed by atoms with van der Waals surface area (Å²) < 4.78 is 39.5. The van der Waals surface area contributed by atoms with Gasteiger partial charge in [-0.2, -0.15) is 18.3 Å². The van der Waals surface area contributed by atoms with Crippen LogP contribution in [0.25, 0.3) is 0 Å². The second-order valence-electron chi connectivity index (χ2n) is 5.07. The molecule has 4 nitrogen and oxygen atoms in total. The maximum Gasteiger partial charge on any atom is 0.436 e. The Balaban J connectivity index is 2.14. The molecule has 124 valence electrons. The fourth-order valence-corrected chi connectivity index (χ4v) is 2.59. The average Bonchev–Trinajstić information content (AvgIpc) is 2.81. The molecule has 1 unspecified atom stereocenters. The van der Waals surface area contributed by atoms with E-state index in [1.54, 1.807) is 0 Å². The van der Waals surface area contributed by atoms with Crippen molar-refractivity contribution < 1.29 is 18.0 Å². The lowest BCUT2D eigenvalue weighted by atomic mass is 10.2. The van der Waals surface area contributed by atoms with E-state index in [-0.39, 0.29) is 10.2 Å². The minimum Gasteiger partial charge on any atom is -0.350 e. The third-order valence-corrected chi connectivity index (χ3v) is 4.35. The fourth-order valence-electron chi connectivity index (χ4n) is 2.10. The Bertz CT molecular complexity index is 698. The minimum absolute atomic E-state index is 0.146. The summed E-state index contributed by atoms with van der Waals surface area (Å²) in [6.45, 7) is 3.29. The van der Waals surface area contributed by atoms with E-state index in [9.17, 15) is 18.0 Å². The first-order valence-corrected chi connectivity index (χ1v) is 7.64. The molecule has 0 aliphatic heterocycles. The number of carbonyl (C=O) groups excluding carboxylic acids is 1. The van der Waals surface area contributed by atoms with Gasteiger partial charge in [-0.1, -0.05) is 30.3 Å². The lowest BCUT2D eigenvalue weighted by Gasteiger charge is -2.14. The van der Waals surface area contributed by atoms with Crippen molar-refractivity contribution in [3.8, 4) is 0 Å². The summed E-state index contributed by atoms with van der Waals surface area (Å²) in [5.41, 5.74) is 0.125. The third kappa shape index (κ3) is 3.93. The average molecular weight is 390 g/mol. The number of hydrogen-bond acceptors (Lipinski definition) is 2. The molecule has 0 saturated carbocycles. The SMILES string of the molecule is Cc1c(Br)c(C(F)(F)F)nn1C(C)C(=O)NCc1ccccc1. The molecule has 1 N–H and O–H groups in total. The van der Waals surface area contributed by atoms with E-state index in [0.29, 0.717) is 6.54 Å². The molecule has 0 bridgehead atoms. The zero-order chi connectivity index (χ0) is 17.2. The number of nitrogens with zero attached hydrogens (tertiary/aromatic N) is 2. The van der Waals surface area contributed by atoms with Gasteiger partial charge in [-0.25, -0.2) is 0 Å². The molecule has 2 rings (SSSR count). The van der Waals surface area contributed by atoms with E-state index in [1.165, 1.54) is 13.8 Å². The van der Waals surface area contributed by atoms with Crippen molar-refractivity contribution in [3.63, 3.8) is 0 Å². The third-order valence-electron chi connectivity index (χ3n) is 3.40. The van der Waals surface area contributed by atoms with Crippen LogP contribution < -0.4 is 5.32 Å². The zero-order valence-corrected chi connectivity index (χ0v) is 14.1. The summed E-state index contributed by atoms with van der Waals surface area (Å²) in [5, 5.41) is 6.24. The van der Waals surface area contributed by atoms with Crippen molar-refractivity contribution in [2.24, 2.45) is 0 Å². The summed E-state index contributed by atoms with van der Waals surface area (Å²) in [4.78, 5) is 12.2. The van der Waals surface area contributed by atoms with Crippen LogP contribution in [-0.2, 0) is 17.5 Å². The molecule has 0 radical (unpaired) electrons. The predicted octanol–water partition coefficient (Wildman–Crippen LogP) is 3.85. The second kappa shape index (κ2) is 6.74. The van der Waals surface area contributed by atoms with Crippen LogP contribution >= 0.6 is 15.9 Å². The van der Waals surface area contributed by atoms with Gasteiger partial charge >= 0.3 is 6.18 Å². The largest absolute Gasteiger partial charge is 0.436 e. The van der Waals surface area contributed by atoms with Crippen molar-refractivity contribution in [2.75, 3.05) is 0 Å². The Hall–Kier alpha value is -1.83. The highest BCUT2D eigenvalue weighted by atomic mass is 79.9. The Kier molecular flexibility index (Phi) is 5.13. The lowest BCUT2D eigenvalue weighted by molar-refractivity contribution is -0.142. The van der Waals surface area contributed by atoms with Gasteiger partial charge in [0.05, 0.1) is 10.2 Å². The molecule has 2 aromatic rings. The highest BCUT2D eigenvalue weighted by molar-refractivity contribution is 9.10. The standard InChI is InChI=1S/C15H15BrF3N3O/c1-9-12(16)13(15(17,18)19)21-22(9)10(2)14(23)20-8-11-6-4-3-5-7-11/h3-7,10H,8H2,1-2H3,(H,20,23). The number of nitrogens with one attached hydrogen (secondary N) is 1. The molecule has 0 aliphatic rings. The summed E-state index contributed by atoms with van der Waals surface area (Å²) in [7, 11) is 0. The van der Waals surface area contributed by atoms with Crippen LogP contribution in [0.4, 0.5) is 13.2 Å². The molecule has 0 aliphatic carbocycles. The zero-order valence-electron chi connectivity index (χ0n) is 12.5. The number of amides is 1. The van der Waals surface area contributed by atoms with E-state index in [2.05, 4.69) is 26.3 Å². The van der Waals surface area contributed by atoms with Gasteiger partial charge in [0.15, 0.2) is 5.69 Å². The maximum absolute atomic E-state index is 12.9. The first-order valence-electron chi connectivity index (χ1n) is 6.85. The first kappa shape index (κ1) is 17.5. The van der Waals surface area contributed by atoms with Crippen LogP contribution in [0.3, 0.4) is 0 Å². The Morgan fingerprint density at radius 3 is 2.48 bits per heavy atom. The van der Waals surface area contributed by atoms with Gasteiger partial charge in [-0.15, -0.1) is 0 Å². The van der Waals surface area contributed by atoms with Crippen LogP contribution in [0.15, 0.2) is 34.8 Å². The molecule has 1 aromatic carbocycles. The van der Waals surface area contributed by atoms with Crippen molar-refractivity contribution in [3.05, 3.63) is 51.8 Å². The molecule has 23 heavy (non-hydrogen) atoms. The van der Waals surface area contributed by atoms with Gasteiger partial charge in [0.25, 0.3) is 0 Å². The summed E-state index contributed by atoms with van der Waals surface area (Å²) in [6.07, 6.45) is -4.57. The number of halogens is 4. The Morgan fingerprint density at radius 1 is 1.35 bits per heavy atom. The van der Waals surface area contributed by atoms with E-state index in [4.69, 9.17) is 0 Å². The monoisotopic (exact) mass is 389 g/mol. The summed E-state index contributed by atoms with van der Waals surface area (Å²) >= 11 is 2.89. The van der Waals surface area contributed by atoms with Crippen molar-refractivity contribution in [1.82, 2.24) is 15.1 Å². The van der Waals surface area contributed by atoms with E-state index >= 15 is 0 Å². The predicted molar refractivity (Wildman–Crippen MR) is 82.7 cm³/mol. The van der Waals surface area contributed by atoms with Gasteiger partial charge in [-0.05, 0) is 35.3 Å². The van der Waals surface area contributed by atoms with Gasteiger partial charge < -0.3 is 5.32 Å². The molecule has 1 atom stereocenters. The lowest BCUT2D eigenvalue weighted by Crippen LogP contribution is -2.31. The molecular weight excluding hydrogens is 375 g/mol. The minimum atomic E-state index is -4.57. The van der Waals surface area contributed by atoms with E-state index < -0.39 is 23.8 Å². The smallest absolute Gasteiger partial charge is 0.350 e. The number of alkyl halides is 3. The van der Waals surface area contributed by atoms with E-state index in [1.807, 2.05) is 30.3 Å². The highest BCUT2D eigenvalue weighted by Crippen LogP contribution is 2.36. The molecule has 1 aromatic heterocycles. The van der Waals surface area contributed by atoms with E-state index in [0.717, 1.165) is 10.2 Å². The molecule has 8 heteroatoms. The van der Waals surface area contributed by atoms with Crippen molar-refractivity contribution in [2.45, 2.75) is 32.6 Å². The van der Waals surface area contributed by atoms with Crippen molar-refractivity contribution in [1.29, 1.82) is 0 Å². The van der Waals surface area contributed by atoms with Crippen LogP contribution in [0.1, 0.15) is 29.9 Å². The number of benzene rings is 1. The molecule has 0 fully saturated rings. The topological polar surface area (TPSA) is 46.9 Å². The van der Waals surface area contributed by atoms with Gasteiger partial charge in [0.2, 0.25) is 5.91 Å². The fraction of sp³-hybridized carbons (Fsp3) is 0.333. The Labute approximate surface area is 139 Å². The molecule has 0 saturated heterocycles. The van der Waals surface area contributed by atoms with Crippen LogP contribution in [0.5, 0.6) is 0 Å². The Morgan fingerprint density at radius 2 is 1.96 bits per heavy atom. The van der Waals surface area contributed by atoms with Crippen molar-refractivity contribution >= 4 is 21.8 Å². The van der Waals surface area contributed by atoms with Crippen LogP contribution in [0, 0.1) is 6.92 Å². The molecule has 0 spiro atoms. The first-order chi connectivity index (χ1) is 10.7. The quantitative estimate of drug-likeness (QED) is 0.862. The number of hydrogen-bond donors (Lipinski definition) is 1. The molecule has 1 amide bonds. The van der Waals surface area contributed by atoms with Crippen LogP contribution in [-0.4, -0.2) is 15.7 Å². The highest BCUT2D eigenvalue weighted by Gasteiger charge is 2.38. The number of rotatable bonds is 4. The van der Waals surface area contributed by atoms with Gasteiger partial charge in [0, 0.05) is 6.54 Å². The normalized spacial score (nSPS) is 13.0. The summed E-state index contributed by atoms with van der Waals surface area (Å²) in [5.74, 6) is -0.402. The number of carbonyl (C=O) groups is 1. The number of aromatic nitrogens is 2. The molecular formula is C15H15BrF3N3O. The molecule has 1 heterocycles. The second-order valence-corrected chi connectivity index (χ2v) is 5.86. The maximum atomic E-state index is 12.9.